The smallest absolute Gasteiger partial charge is 0.412 e. The number of nitrogens with one attached hydrogen (secondary N) is 1. The van der Waals surface area contributed by atoms with Gasteiger partial charge in [0.15, 0.2) is 0 Å². The van der Waals surface area contributed by atoms with E-state index in [1.165, 1.54) is 0 Å². The fraction of sp³-hybridized carbons (Fsp3) is 0.222. The van der Waals surface area contributed by atoms with Crippen molar-refractivity contribution in [3.63, 3.8) is 0 Å². The van der Waals surface area contributed by atoms with Gasteiger partial charge in [0.1, 0.15) is 6.61 Å². The molecule has 23 heavy (non-hydrogen) atoms. The zero-order valence-corrected chi connectivity index (χ0v) is 12.9. The Balaban J connectivity index is 1.71. The van der Waals surface area contributed by atoms with Crippen LogP contribution in [-0.2, 0) is 22.6 Å². The molecule has 118 valence electrons. The number of para-hydroxylation sites is 1. The first-order chi connectivity index (χ1) is 11.1. The molecule has 1 N–H and O–H groups in total. The number of hydrogen-bond donors (Lipinski definition) is 1. The van der Waals surface area contributed by atoms with Gasteiger partial charge in [0.25, 0.3) is 0 Å². The van der Waals surface area contributed by atoms with Gasteiger partial charge in [0.2, 0.25) is 5.91 Å². The van der Waals surface area contributed by atoms with Crippen molar-refractivity contribution in [3.05, 3.63) is 59.7 Å². The van der Waals surface area contributed by atoms with Gasteiger partial charge in [-0.1, -0.05) is 42.5 Å². The topological polar surface area (TPSA) is 58.6 Å². The third-order valence-electron chi connectivity index (χ3n) is 3.89. The summed E-state index contributed by atoms with van der Waals surface area (Å²) in [5.41, 5.74) is 3.31. The largest absolute Gasteiger partial charge is 0.444 e. The average molecular weight is 310 g/mol. The summed E-state index contributed by atoms with van der Waals surface area (Å²) in [6.45, 7) is 0.205. The van der Waals surface area contributed by atoms with E-state index in [9.17, 15) is 9.59 Å². The van der Waals surface area contributed by atoms with Crippen LogP contribution in [0.25, 0.3) is 0 Å². The minimum atomic E-state index is -0.534. The monoisotopic (exact) mass is 310 g/mol. The molecule has 5 nitrogen and oxygen atoms in total. The summed E-state index contributed by atoms with van der Waals surface area (Å²) in [5, 5.41) is 2.74. The van der Waals surface area contributed by atoms with Crippen molar-refractivity contribution < 1.29 is 14.3 Å². The van der Waals surface area contributed by atoms with Crippen molar-refractivity contribution in [1.82, 2.24) is 0 Å². The Bertz CT molecular complexity index is 728. The molecule has 0 radical (unpaired) electrons. The van der Waals surface area contributed by atoms with Gasteiger partial charge in [-0.3, -0.25) is 10.1 Å². The molecule has 0 aliphatic carbocycles. The summed E-state index contributed by atoms with van der Waals surface area (Å²) in [7, 11) is 1.72. The number of rotatable bonds is 3. The van der Waals surface area contributed by atoms with E-state index in [4.69, 9.17) is 4.74 Å². The summed E-state index contributed by atoms with van der Waals surface area (Å²) in [5.74, 6) is 0.0457. The highest BCUT2D eigenvalue weighted by Gasteiger charge is 2.24. The van der Waals surface area contributed by atoms with Gasteiger partial charge in [-0.25, -0.2) is 4.79 Å². The molecule has 3 rings (SSSR count). The third-order valence-corrected chi connectivity index (χ3v) is 3.89. The molecular weight excluding hydrogens is 292 g/mol. The van der Waals surface area contributed by atoms with Crippen molar-refractivity contribution in [1.29, 1.82) is 0 Å². The fourth-order valence-corrected chi connectivity index (χ4v) is 2.69. The maximum Gasteiger partial charge on any atom is 0.412 e. The average Bonchev–Trinajstić information content (AvgIpc) is 2.57. The molecule has 1 aliphatic rings. The molecule has 2 aromatic carbocycles. The van der Waals surface area contributed by atoms with Gasteiger partial charge in [-0.05, 0) is 23.6 Å². The van der Waals surface area contributed by atoms with Gasteiger partial charge < -0.3 is 9.64 Å². The van der Waals surface area contributed by atoms with Crippen molar-refractivity contribution in [2.24, 2.45) is 0 Å². The van der Waals surface area contributed by atoms with E-state index < -0.39 is 6.09 Å². The van der Waals surface area contributed by atoms with Crippen LogP contribution in [0.3, 0.4) is 0 Å². The number of nitrogens with zero attached hydrogens (tertiary/aromatic N) is 1. The molecule has 0 fully saturated rings. The number of benzene rings is 2. The third kappa shape index (κ3) is 3.34. The van der Waals surface area contributed by atoms with Gasteiger partial charge >= 0.3 is 6.09 Å². The highest BCUT2D eigenvalue weighted by molar-refractivity contribution is 6.02. The lowest BCUT2D eigenvalue weighted by Crippen LogP contribution is -2.32. The van der Waals surface area contributed by atoms with E-state index in [1.807, 2.05) is 42.5 Å². The Morgan fingerprint density at radius 3 is 2.70 bits per heavy atom. The first-order valence-electron chi connectivity index (χ1n) is 7.51. The van der Waals surface area contributed by atoms with Gasteiger partial charge in [-0.15, -0.1) is 0 Å². The van der Waals surface area contributed by atoms with Crippen LogP contribution in [-0.4, -0.2) is 19.0 Å². The standard InChI is InChI=1S/C18H18N2O3/c1-20-16(21)11-10-14-8-5-9-15(17(14)20)19-18(22)23-12-13-6-3-2-4-7-13/h2-9H,10-12H2,1H3,(H,19,22). The van der Waals surface area contributed by atoms with E-state index in [0.717, 1.165) is 16.8 Å². The van der Waals surface area contributed by atoms with E-state index in [-0.39, 0.29) is 12.5 Å². The fourth-order valence-electron chi connectivity index (χ4n) is 2.69. The molecule has 1 aliphatic heterocycles. The first-order valence-corrected chi connectivity index (χ1v) is 7.51. The second-order valence-electron chi connectivity index (χ2n) is 5.45. The van der Waals surface area contributed by atoms with Gasteiger partial charge in [0.05, 0.1) is 11.4 Å². The van der Waals surface area contributed by atoms with Crippen LogP contribution in [0.5, 0.6) is 0 Å². The second-order valence-corrected chi connectivity index (χ2v) is 5.45. The van der Waals surface area contributed by atoms with Crippen molar-refractivity contribution in [2.45, 2.75) is 19.4 Å². The Labute approximate surface area is 134 Å². The van der Waals surface area contributed by atoms with E-state index in [0.29, 0.717) is 18.5 Å². The van der Waals surface area contributed by atoms with Crippen LogP contribution in [0.15, 0.2) is 48.5 Å². The predicted octanol–water partition coefficient (Wildman–Crippen LogP) is 3.34. The Morgan fingerprint density at radius 1 is 1.13 bits per heavy atom. The van der Waals surface area contributed by atoms with Crippen molar-refractivity contribution in [2.75, 3.05) is 17.3 Å². The molecule has 0 unspecified atom stereocenters. The van der Waals surface area contributed by atoms with Crippen LogP contribution in [0, 0.1) is 0 Å². The van der Waals surface area contributed by atoms with Crippen LogP contribution in [0.1, 0.15) is 17.5 Å². The molecular formula is C18H18N2O3. The van der Waals surface area contributed by atoms with Gasteiger partial charge in [-0.2, -0.15) is 0 Å². The maximum atomic E-state index is 12.0. The van der Waals surface area contributed by atoms with Crippen LogP contribution in [0.2, 0.25) is 0 Å². The second kappa shape index (κ2) is 6.52. The summed E-state index contributed by atoms with van der Waals surface area (Å²) < 4.78 is 5.23. The number of amides is 2. The normalized spacial score (nSPS) is 13.4. The maximum absolute atomic E-state index is 12.0. The molecule has 0 atom stereocenters. The number of ether oxygens (including phenoxy) is 1. The van der Waals surface area contributed by atoms with Crippen LogP contribution in [0.4, 0.5) is 16.2 Å². The molecule has 0 bridgehead atoms. The molecule has 2 amide bonds. The highest BCUT2D eigenvalue weighted by atomic mass is 16.5. The van der Waals surface area contributed by atoms with Gasteiger partial charge in [0, 0.05) is 13.5 Å². The summed E-state index contributed by atoms with van der Waals surface area (Å²) >= 11 is 0. The number of carbonyl (C=O) groups is 2. The number of hydrogen-bond acceptors (Lipinski definition) is 3. The molecule has 0 aromatic heterocycles. The van der Waals surface area contributed by atoms with Crippen LogP contribution < -0.4 is 10.2 Å². The molecule has 0 spiro atoms. The Morgan fingerprint density at radius 2 is 1.91 bits per heavy atom. The Kier molecular flexibility index (Phi) is 4.28. The Hall–Kier alpha value is -2.82. The number of carbonyl (C=O) groups excluding carboxylic acids is 2. The van der Waals surface area contributed by atoms with E-state index >= 15 is 0 Å². The highest BCUT2D eigenvalue weighted by Crippen LogP contribution is 2.34. The number of aryl methyl sites for hydroxylation is 1. The molecule has 0 saturated heterocycles. The lowest BCUT2D eigenvalue weighted by atomic mass is 10.0. The zero-order valence-electron chi connectivity index (χ0n) is 12.9. The zero-order chi connectivity index (χ0) is 16.2. The minimum Gasteiger partial charge on any atom is -0.444 e. The quantitative estimate of drug-likeness (QED) is 0.946. The number of fused-ring (bicyclic) bond motifs is 1. The van der Waals surface area contributed by atoms with E-state index in [2.05, 4.69) is 5.32 Å². The summed E-state index contributed by atoms with van der Waals surface area (Å²) in [4.78, 5) is 25.5. The van der Waals surface area contributed by atoms with Crippen molar-refractivity contribution >= 4 is 23.4 Å². The van der Waals surface area contributed by atoms with Crippen LogP contribution >= 0.6 is 0 Å². The van der Waals surface area contributed by atoms with Crippen molar-refractivity contribution in [3.8, 4) is 0 Å². The summed E-state index contributed by atoms with van der Waals surface area (Å²) in [6, 6.07) is 15.1. The number of anilines is 2. The lowest BCUT2D eigenvalue weighted by Gasteiger charge is -2.28. The predicted molar refractivity (Wildman–Crippen MR) is 88.4 cm³/mol. The molecule has 5 heteroatoms. The lowest BCUT2D eigenvalue weighted by molar-refractivity contribution is -0.118. The van der Waals surface area contributed by atoms with E-state index in [1.54, 1.807) is 18.0 Å². The molecule has 1 heterocycles. The summed E-state index contributed by atoms with van der Waals surface area (Å²) in [6.07, 6.45) is 0.645. The minimum absolute atomic E-state index is 0.0457. The molecule has 2 aromatic rings. The SMILES string of the molecule is CN1C(=O)CCc2cccc(NC(=O)OCc3ccccc3)c21. The molecule has 0 saturated carbocycles. The first kappa shape index (κ1) is 15.1.